The second-order valence-corrected chi connectivity index (χ2v) is 2.60. The van der Waals surface area contributed by atoms with E-state index in [2.05, 4.69) is 0 Å². The zero-order valence-electron chi connectivity index (χ0n) is 5.97. The number of hydrogen-bond donors (Lipinski definition) is 1. The van der Waals surface area contributed by atoms with Gasteiger partial charge in [0.15, 0.2) is 5.78 Å². The van der Waals surface area contributed by atoms with E-state index in [4.69, 9.17) is 16.7 Å². The Morgan fingerprint density at radius 3 is 2.55 bits per heavy atom. The molecule has 1 aromatic rings. The SMILES string of the molecule is CC(=O)c1c(O)cccc1Cl. The first-order valence-electron chi connectivity index (χ1n) is 3.11. The van der Waals surface area contributed by atoms with Gasteiger partial charge in [-0.15, -0.1) is 0 Å². The fraction of sp³-hybridized carbons (Fsp3) is 0.125. The van der Waals surface area contributed by atoms with Crippen molar-refractivity contribution in [2.75, 3.05) is 0 Å². The molecule has 0 aromatic heterocycles. The van der Waals surface area contributed by atoms with Gasteiger partial charge < -0.3 is 5.11 Å². The van der Waals surface area contributed by atoms with E-state index in [1.54, 1.807) is 12.1 Å². The largest absolute Gasteiger partial charge is 0.507 e. The van der Waals surface area contributed by atoms with Gasteiger partial charge in [-0.25, -0.2) is 0 Å². The predicted molar refractivity (Wildman–Crippen MR) is 43.1 cm³/mol. The van der Waals surface area contributed by atoms with Gasteiger partial charge in [-0.1, -0.05) is 17.7 Å². The van der Waals surface area contributed by atoms with Crippen LogP contribution in [0.2, 0.25) is 5.02 Å². The molecule has 1 rings (SSSR count). The third-order valence-electron chi connectivity index (χ3n) is 1.34. The van der Waals surface area contributed by atoms with Crippen LogP contribution in [0, 0.1) is 0 Å². The molecule has 2 nitrogen and oxygen atoms in total. The topological polar surface area (TPSA) is 37.3 Å². The summed E-state index contributed by atoms with van der Waals surface area (Å²) >= 11 is 5.64. The van der Waals surface area contributed by atoms with E-state index in [-0.39, 0.29) is 22.1 Å². The van der Waals surface area contributed by atoms with Gasteiger partial charge in [0, 0.05) is 0 Å². The fourth-order valence-electron chi connectivity index (χ4n) is 0.861. The summed E-state index contributed by atoms with van der Waals surface area (Å²) in [5, 5.41) is 9.45. The van der Waals surface area contributed by atoms with Gasteiger partial charge in [-0.2, -0.15) is 0 Å². The van der Waals surface area contributed by atoms with Crippen LogP contribution in [0.15, 0.2) is 18.2 Å². The first-order chi connectivity index (χ1) is 5.13. The molecule has 11 heavy (non-hydrogen) atoms. The van der Waals surface area contributed by atoms with Gasteiger partial charge in [0.05, 0.1) is 10.6 Å². The highest BCUT2D eigenvalue weighted by Crippen LogP contribution is 2.24. The van der Waals surface area contributed by atoms with Crippen LogP contribution in [0.25, 0.3) is 0 Å². The molecule has 0 saturated heterocycles. The Labute approximate surface area is 69.4 Å². The Balaban J connectivity index is 3.32. The Hall–Kier alpha value is -1.02. The van der Waals surface area contributed by atoms with E-state index >= 15 is 0 Å². The number of phenolic OH excluding ortho intramolecular Hbond substituents is 1. The van der Waals surface area contributed by atoms with Crippen molar-refractivity contribution in [1.29, 1.82) is 0 Å². The number of carbonyl (C=O) groups excluding carboxylic acids is 1. The van der Waals surface area contributed by atoms with E-state index in [9.17, 15) is 4.79 Å². The van der Waals surface area contributed by atoms with Gasteiger partial charge in [-0.05, 0) is 19.1 Å². The first kappa shape index (κ1) is 8.08. The molecular formula is C8H7ClO2. The molecule has 1 N–H and O–H groups in total. The Morgan fingerprint density at radius 2 is 2.18 bits per heavy atom. The maximum atomic E-state index is 10.8. The number of rotatable bonds is 1. The summed E-state index contributed by atoms with van der Waals surface area (Å²) in [7, 11) is 0. The molecule has 0 aliphatic carbocycles. The van der Waals surface area contributed by atoms with Crippen molar-refractivity contribution in [1.82, 2.24) is 0 Å². The molecule has 0 unspecified atom stereocenters. The van der Waals surface area contributed by atoms with E-state index in [1.807, 2.05) is 0 Å². The zero-order chi connectivity index (χ0) is 8.43. The third-order valence-corrected chi connectivity index (χ3v) is 1.66. The van der Waals surface area contributed by atoms with Gasteiger partial charge in [0.25, 0.3) is 0 Å². The van der Waals surface area contributed by atoms with E-state index in [1.165, 1.54) is 13.0 Å². The highest BCUT2D eigenvalue weighted by atomic mass is 35.5. The second-order valence-electron chi connectivity index (χ2n) is 2.19. The van der Waals surface area contributed by atoms with Crippen LogP contribution in [0.4, 0.5) is 0 Å². The highest BCUT2D eigenvalue weighted by molar-refractivity contribution is 6.34. The number of aromatic hydroxyl groups is 1. The minimum absolute atomic E-state index is 0.0648. The van der Waals surface area contributed by atoms with Crippen molar-refractivity contribution in [2.45, 2.75) is 6.92 Å². The normalized spacial score (nSPS) is 9.64. The molecule has 58 valence electrons. The van der Waals surface area contributed by atoms with Crippen molar-refractivity contribution in [3.63, 3.8) is 0 Å². The fourth-order valence-corrected chi connectivity index (χ4v) is 1.16. The van der Waals surface area contributed by atoms with Crippen molar-refractivity contribution in [3.05, 3.63) is 28.8 Å². The molecule has 0 amide bonds. The van der Waals surface area contributed by atoms with Crippen molar-refractivity contribution >= 4 is 17.4 Å². The molecule has 0 spiro atoms. The summed E-state index contributed by atoms with van der Waals surface area (Å²) in [6.07, 6.45) is 0. The standard InChI is InChI=1S/C8H7ClO2/c1-5(10)8-6(9)3-2-4-7(8)11/h2-4,11H,1H3. The Bertz CT molecular complexity index is 274. The number of carbonyl (C=O) groups is 1. The van der Waals surface area contributed by atoms with Crippen molar-refractivity contribution < 1.29 is 9.90 Å². The lowest BCUT2D eigenvalue weighted by atomic mass is 10.1. The van der Waals surface area contributed by atoms with E-state index in [0.717, 1.165) is 0 Å². The molecule has 3 heteroatoms. The van der Waals surface area contributed by atoms with Gasteiger partial charge >= 0.3 is 0 Å². The molecule has 0 radical (unpaired) electrons. The number of hydrogen-bond acceptors (Lipinski definition) is 2. The maximum absolute atomic E-state index is 10.8. The van der Waals surface area contributed by atoms with E-state index < -0.39 is 0 Å². The average molecular weight is 171 g/mol. The Kier molecular flexibility index (Phi) is 2.15. The van der Waals surface area contributed by atoms with Crippen LogP contribution in [0.5, 0.6) is 5.75 Å². The molecule has 0 aliphatic heterocycles. The van der Waals surface area contributed by atoms with Crippen LogP contribution in [0.3, 0.4) is 0 Å². The van der Waals surface area contributed by atoms with Crippen LogP contribution >= 0.6 is 11.6 Å². The monoisotopic (exact) mass is 170 g/mol. The highest BCUT2D eigenvalue weighted by Gasteiger charge is 2.09. The number of halogens is 1. The molecule has 0 bridgehead atoms. The van der Waals surface area contributed by atoms with Gasteiger partial charge in [0.2, 0.25) is 0 Å². The molecule has 0 heterocycles. The third kappa shape index (κ3) is 1.52. The molecule has 0 saturated carbocycles. The van der Waals surface area contributed by atoms with Crippen LogP contribution in [-0.2, 0) is 0 Å². The molecule has 1 aromatic carbocycles. The molecule has 0 fully saturated rings. The predicted octanol–water partition coefficient (Wildman–Crippen LogP) is 2.25. The van der Waals surface area contributed by atoms with Gasteiger partial charge in [0.1, 0.15) is 5.75 Å². The lowest BCUT2D eigenvalue weighted by molar-refractivity contribution is 0.101. The maximum Gasteiger partial charge on any atom is 0.165 e. The van der Waals surface area contributed by atoms with Crippen LogP contribution in [0.1, 0.15) is 17.3 Å². The number of Topliss-reactive ketones (excluding diaryl/α,β-unsaturated/α-hetero) is 1. The minimum Gasteiger partial charge on any atom is -0.507 e. The van der Waals surface area contributed by atoms with Crippen molar-refractivity contribution in [3.8, 4) is 5.75 Å². The lowest BCUT2D eigenvalue weighted by Crippen LogP contribution is -1.93. The summed E-state index contributed by atoms with van der Waals surface area (Å²) in [5.74, 6) is -0.293. The minimum atomic E-state index is -0.229. The summed E-state index contributed by atoms with van der Waals surface area (Å²) in [5.41, 5.74) is 0.189. The summed E-state index contributed by atoms with van der Waals surface area (Å²) in [6, 6.07) is 4.59. The zero-order valence-corrected chi connectivity index (χ0v) is 6.72. The van der Waals surface area contributed by atoms with E-state index in [0.29, 0.717) is 0 Å². The van der Waals surface area contributed by atoms with Crippen LogP contribution < -0.4 is 0 Å². The second kappa shape index (κ2) is 2.93. The summed E-state index contributed by atoms with van der Waals surface area (Å²) in [4.78, 5) is 10.8. The molecular weight excluding hydrogens is 164 g/mol. The number of phenols is 1. The lowest BCUT2D eigenvalue weighted by Gasteiger charge is -2.00. The van der Waals surface area contributed by atoms with Crippen LogP contribution in [-0.4, -0.2) is 10.9 Å². The van der Waals surface area contributed by atoms with Crippen molar-refractivity contribution in [2.24, 2.45) is 0 Å². The number of ketones is 1. The average Bonchev–Trinajstić information content (AvgIpc) is 1.85. The summed E-state index contributed by atoms with van der Waals surface area (Å²) < 4.78 is 0. The number of benzene rings is 1. The molecule has 0 atom stereocenters. The first-order valence-corrected chi connectivity index (χ1v) is 3.49. The quantitative estimate of drug-likeness (QED) is 0.657. The smallest absolute Gasteiger partial charge is 0.165 e. The molecule has 0 aliphatic rings. The summed E-state index contributed by atoms with van der Waals surface area (Å²) in [6.45, 7) is 1.36. The van der Waals surface area contributed by atoms with Gasteiger partial charge in [-0.3, -0.25) is 4.79 Å². The Morgan fingerprint density at radius 1 is 1.55 bits per heavy atom.